The maximum Gasteiger partial charge on any atom is 0.0609 e. The summed E-state index contributed by atoms with van der Waals surface area (Å²) in [7, 11) is 0. The average molecular weight is 726 g/mol. The third-order valence-corrected chi connectivity index (χ3v) is 12.9. The van der Waals surface area contributed by atoms with Crippen molar-refractivity contribution < 1.29 is 0 Å². The summed E-state index contributed by atoms with van der Waals surface area (Å²) in [6, 6.07) is 47.1. The van der Waals surface area contributed by atoms with Crippen LogP contribution in [0.4, 0.5) is 11.4 Å². The number of allylic oxidation sites excluding steroid dienone is 11. The van der Waals surface area contributed by atoms with E-state index in [2.05, 4.69) is 216 Å². The van der Waals surface area contributed by atoms with Gasteiger partial charge in [0.2, 0.25) is 0 Å². The van der Waals surface area contributed by atoms with Gasteiger partial charge in [0.15, 0.2) is 0 Å². The van der Waals surface area contributed by atoms with Gasteiger partial charge in [0.25, 0.3) is 0 Å². The van der Waals surface area contributed by atoms with Crippen molar-refractivity contribution in [2.75, 3.05) is 4.90 Å². The third-order valence-electron chi connectivity index (χ3n) is 12.9. The zero-order valence-electron chi connectivity index (χ0n) is 33.3. The molecule has 5 aromatic rings. The maximum atomic E-state index is 4.23. The number of rotatable bonds is 6. The second-order valence-corrected chi connectivity index (χ2v) is 17.0. The van der Waals surface area contributed by atoms with E-state index in [0.717, 1.165) is 6.42 Å². The molecule has 276 valence electrons. The number of nitrogens with zero attached hydrogens (tertiary/aromatic N) is 1. The van der Waals surface area contributed by atoms with Gasteiger partial charge in [-0.25, -0.2) is 0 Å². The number of fused-ring (bicyclic) bond motifs is 6. The average Bonchev–Trinajstić information content (AvgIpc) is 3.67. The van der Waals surface area contributed by atoms with E-state index in [1.165, 1.54) is 72.6 Å². The first-order chi connectivity index (χ1) is 27.2. The Hall–Kier alpha value is -5.92. The highest BCUT2D eigenvalue weighted by Gasteiger charge is 2.62. The zero-order chi connectivity index (χ0) is 38.6. The molecule has 0 heterocycles. The lowest BCUT2D eigenvalue weighted by atomic mass is 9.60. The number of hydrogen-bond acceptors (Lipinski definition) is 1. The highest BCUT2D eigenvalue weighted by Crippen LogP contribution is 2.68. The Bertz CT molecular complexity index is 2410. The second-order valence-electron chi connectivity index (χ2n) is 17.0. The van der Waals surface area contributed by atoms with Crippen LogP contribution in [0.15, 0.2) is 205 Å². The van der Waals surface area contributed by atoms with Gasteiger partial charge in [0.05, 0.1) is 11.5 Å². The van der Waals surface area contributed by atoms with Crippen molar-refractivity contribution in [2.24, 2.45) is 17.3 Å². The van der Waals surface area contributed by atoms with Gasteiger partial charge >= 0.3 is 0 Å². The highest BCUT2D eigenvalue weighted by atomic mass is 15.2. The first-order valence-electron chi connectivity index (χ1n) is 20.3. The fourth-order valence-corrected chi connectivity index (χ4v) is 10.2. The number of hydrogen-bond donors (Lipinski definition) is 0. The summed E-state index contributed by atoms with van der Waals surface area (Å²) in [5, 5.41) is 0. The Labute approximate surface area is 334 Å². The molecular weight excluding hydrogens is 675 g/mol. The summed E-state index contributed by atoms with van der Waals surface area (Å²) in [4.78, 5) is 2.63. The molecule has 0 saturated heterocycles. The summed E-state index contributed by atoms with van der Waals surface area (Å²) in [5.41, 5.74) is 18.2. The van der Waals surface area contributed by atoms with Crippen LogP contribution in [-0.4, -0.2) is 6.04 Å². The molecule has 0 amide bonds. The van der Waals surface area contributed by atoms with Gasteiger partial charge in [0, 0.05) is 17.3 Å². The van der Waals surface area contributed by atoms with E-state index >= 15 is 0 Å². The lowest BCUT2D eigenvalue weighted by Gasteiger charge is -2.47. The van der Waals surface area contributed by atoms with Gasteiger partial charge in [-0.05, 0) is 117 Å². The van der Waals surface area contributed by atoms with Crippen molar-refractivity contribution in [3.63, 3.8) is 0 Å². The Balaban J connectivity index is 1.28. The molecule has 0 fully saturated rings. The lowest BCUT2D eigenvalue weighted by Crippen LogP contribution is -2.48. The molecule has 0 bridgehead atoms. The minimum atomic E-state index is -0.359. The molecular formula is C55H51N. The number of aryl methyl sites for hydroxylation is 1. The molecule has 1 nitrogen and oxygen atoms in total. The standard InChI is InChI=1S/C55H51N/c1-7-16-45-46-33-23-37(3)35-50(46)55(49(45)8-2)51-36-42(54(4,5)6)28-34-47(51)48-21-15-22-52(53(48)55)56(43-29-24-40(25-30-43)38-17-11-9-12-18-38)44-31-26-41(27-32-44)39-19-13-10-14-20-39/h7-35,42,52-53H,1,36H2,2-6H3/b45-16?,49-8+. The predicted octanol–water partition coefficient (Wildman–Crippen LogP) is 14.3. The van der Waals surface area contributed by atoms with Crippen molar-refractivity contribution in [3.8, 4) is 22.3 Å². The Morgan fingerprint density at radius 2 is 1.32 bits per heavy atom. The molecule has 0 radical (unpaired) electrons. The van der Waals surface area contributed by atoms with Crippen molar-refractivity contribution in [3.05, 3.63) is 222 Å². The van der Waals surface area contributed by atoms with Crippen molar-refractivity contribution in [2.45, 2.75) is 52.5 Å². The first kappa shape index (κ1) is 35.8. The van der Waals surface area contributed by atoms with E-state index in [9.17, 15) is 0 Å². The molecule has 4 aliphatic rings. The van der Waals surface area contributed by atoms with Crippen LogP contribution in [0.25, 0.3) is 27.8 Å². The predicted molar refractivity (Wildman–Crippen MR) is 239 cm³/mol. The van der Waals surface area contributed by atoms with E-state index in [1.54, 1.807) is 5.57 Å². The molecule has 0 aromatic heterocycles. The minimum absolute atomic E-state index is 0.0126. The van der Waals surface area contributed by atoms with E-state index in [-0.39, 0.29) is 22.8 Å². The molecule has 4 unspecified atom stereocenters. The van der Waals surface area contributed by atoms with Gasteiger partial charge in [-0.15, -0.1) is 0 Å². The van der Waals surface area contributed by atoms with Gasteiger partial charge in [-0.1, -0.05) is 185 Å². The largest absolute Gasteiger partial charge is 0.334 e. The zero-order valence-corrected chi connectivity index (χ0v) is 33.3. The van der Waals surface area contributed by atoms with Crippen LogP contribution in [0, 0.1) is 24.2 Å². The number of anilines is 2. The Morgan fingerprint density at radius 3 is 1.88 bits per heavy atom. The fourth-order valence-electron chi connectivity index (χ4n) is 10.2. The summed E-state index contributed by atoms with van der Waals surface area (Å²) in [6.45, 7) is 15.9. The maximum absolute atomic E-state index is 4.23. The summed E-state index contributed by atoms with van der Waals surface area (Å²) < 4.78 is 0. The van der Waals surface area contributed by atoms with E-state index in [0.29, 0.717) is 5.92 Å². The normalized spacial score (nSPS) is 23.7. The minimum Gasteiger partial charge on any atom is -0.334 e. The topological polar surface area (TPSA) is 3.24 Å². The smallest absolute Gasteiger partial charge is 0.0609 e. The van der Waals surface area contributed by atoms with Gasteiger partial charge in [-0.3, -0.25) is 0 Å². The van der Waals surface area contributed by atoms with Crippen LogP contribution >= 0.6 is 0 Å². The molecule has 1 spiro atoms. The van der Waals surface area contributed by atoms with E-state index in [1.807, 2.05) is 6.08 Å². The summed E-state index contributed by atoms with van der Waals surface area (Å²) >= 11 is 0. The quantitative estimate of drug-likeness (QED) is 0.168. The molecule has 0 saturated carbocycles. The van der Waals surface area contributed by atoms with Crippen LogP contribution in [0.2, 0.25) is 0 Å². The van der Waals surface area contributed by atoms with Crippen LogP contribution in [0.1, 0.15) is 50.8 Å². The first-order valence-corrected chi connectivity index (χ1v) is 20.3. The van der Waals surface area contributed by atoms with Gasteiger partial charge in [0.1, 0.15) is 0 Å². The molecule has 56 heavy (non-hydrogen) atoms. The van der Waals surface area contributed by atoms with Crippen LogP contribution in [-0.2, 0) is 5.41 Å². The lowest BCUT2D eigenvalue weighted by molar-refractivity contribution is 0.277. The van der Waals surface area contributed by atoms with Gasteiger partial charge < -0.3 is 4.90 Å². The SMILES string of the molecule is C=CC=C1/C(=C\C)C2(C3=C(C=CC(C(C)(C)C)C3)C3=CC=CC(N(c4ccc(-c5ccccc5)cc4)c4ccc(-c5ccccc5)cc4)C32)c2cc(C)ccc21. The second kappa shape index (κ2) is 14.0. The third kappa shape index (κ3) is 5.67. The molecule has 4 atom stereocenters. The molecule has 9 rings (SSSR count). The van der Waals surface area contributed by atoms with Crippen molar-refractivity contribution in [1.29, 1.82) is 0 Å². The van der Waals surface area contributed by atoms with Crippen LogP contribution < -0.4 is 4.90 Å². The van der Waals surface area contributed by atoms with Gasteiger partial charge in [-0.2, -0.15) is 0 Å². The Kier molecular flexibility index (Phi) is 8.93. The van der Waals surface area contributed by atoms with E-state index < -0.39 is 0 Å². The molecule has 1 heteroatoms. The summed E-state index contributed by atoms with van der Waals surface area (Å²) in [5.74, 6) is 0.544. The molecule has 0 N–H and O–H groups in total. The van der Waals surface area contributed by atoms with Crippen molar-refractivity contribution in [1.82, 2.24) is 0 Å². The summed E-state index contributed by atoms with van der Waals surface area (Å²) in [6.07, 6.45) is 19.9. The van der Waals surface area contributed by atoms with Crippen molar-refractivity contribution >= 4 is 16.9 Å². The fraction of sp³-hybridized carbons (Fsp3) is 0.200. The molecule has 4 aliphatic carbocycles. The van der Waals surface area contributed by atoms with E-state index in [4.69, 9.17) is 0 Å². The molecule has 5 aromatic carbocycles. The van der Waals surface area contributed by atoms with Crippen LogP contribution in [0.3, 0.4) is 0 Å². The molecule has 0 aliphatic heterocycles. The highest BCUT2D eigenvalue weighted by molar-refractivity contribution is 5.95. The monoisotopic (exact) mass is 725 g/mol. The Morgan fingerprint density at radius 1 is 0.732 bits per heavy atom. The number of benzene rings is 5. The van der Waals surface area contributed by atoms with Crippen LogP contribution in [0.5, 0.6) is 0 Å².